The molecular formula is C23H44N2O8S. The van der Waals surface area contributed by atoms with E-state index in [0.717, 1.165) is 0 Å². The van der Waals surface area contributed by atoms with Crippen LogP contribution in [-0.4, -0.2) is 109 Å². The average molecular weight is 509 g/mol. The first kappa shape index (κ1) is 28.5. The van der Waals surface area contributed by atoms with E-state index in [1.165, 1.54) is 0 Å². The Morgan fingerprint density at radius 1 is 1.00 bits per heavy atom. The van der Waals surface area contributed by atoms with Crippen LogP contribution in [0.3, 0.4) is 0 Å². The Kier molecular flexibility index (Phi) is 10.9. The van der Waals surface area contributed by atoms with Crippen molar-refractivity contribution in [2.45, 2.75) is 126 Å². The number of hydrogen-bond acceptors (Lipinski definition) is 11. The van der Waals surface area contributed by atoms with Gasteiger partial charge in [0.2, 0.25) is 0 Å². The van der Waals surface area contributed by atoms with Gasteiger partial charge in [-0.3, -0.25) is 4.84 Å². The van der Waals surface area contributed by atoms with E-state index >= 15 is 0 Å². The lowest BCUT2D eigenvalue weighted by Crippen LogP contribution is -2.63. The molecule has 3 saturated heterocycles. The fraction of sp³-hybridized carbons (Fsp3) is 1.00. The highest BCUT2D eigenvalue weighted by atomic mass is 32.2. The molecular weight excluding hydrogens is 464 g/mol. The second-order valence-electron chi connectivity index (χ2n) is 9.87. The van der Waals surface area contributed by atoms with Crippen molar-refractivity contribution in [2.75, 3.05) is 20.0 Å². The van der Waals surface area contributed by atoms with Gasteiger partial charge in [-0.05, 0) is 27.0 Å². The van der Waals surface area contributed by atoms with Gasteiger partial charge in [0, 0.05) is 26.0 Å². The van der Waals surface area contributed by atoms with E-state index in [0.29, 0.717) is 25.5 Å². The highest BCUT2D eigenvalue weighted by Gasteiger charge is 2.46. The van der Waals surface area contributed by atoms with Crippen molar-refractivity contribution in [2.24, 2.45) is 0 Å². The summed E-state index contributed by atoms with van der Waals surface area (Å²) in [4.78, 5) is 5.76. The van der Waals surface area contributed by atoms with Crippen molar-refractivity contribution >= 4 is 11.8 Å². The van der Waals surface area contributed by atoms with E-state index in [2.05, 4.69) is 24.6 Å². The fourth-order valence-electron chi connectivity index (χ4n) is 5.07. The van der Waals surface area contributed by atoms with Crippen LogP contribution in [0, 0.1) is 0 Å². The molecule has 0 saturated carbocycles. The maximum Gasteiger partial charge on any atom is 0.180 e. The summed E-state index contributed by atoms with van der Waals surface area (Å²) in [5.74, 6) is 0. The van der Waals surface area contributed by atoms with E-state index in [1.807, 2.05) is 27.0 Å². The summed E-state index contributed by atoms with van der Waals surface area (Å²) in [6.07, 6.45) is -1.22. The number of ether oxygens (including phenoxy) is 5. The summed E-state index contributed by atoms with van der Waals surface area (Å²) >= 11 is 1.58. The number of hydrogen-bond donors (Lipinski definition) is 4. The summed E-state index contributed by atoms with van der Waals surface area (Å²) in [6, 6.07) is -0.154. The Morgan fingerprint density at radius 3 is 2.35 bits per heavy atom. The van der Waals surface area contributed by atoms with Crippen LogP contribution in [0.5, 0.6) is 0 Å². The third-order valence-electron chi connectivity index (χ3n) is 6.85. The lowest BCUT2D eigenvalue weighted by molar-refractivity contribution is -0.292. The molecule has 0 unspecified atom stereocenters. The van der Waals surface area contributed by atoms with Crippen LogP contribution in [0.1, 0.15) is 47.5 Å². The first-order valence-electron chi connectivity index (χ1n) is 12.3. The standard InChI is InChI=1S/C23H44N2O8S/c1-11(2)24-15-10-29-18(9-17(15)28-6)32-22-13(4)30-12(3)20(21(22)27)25-33-19-8-16(26)23(34-7)14(5)31-19/h11-27H,8-10H2,1-7H3/t12-,13+,14-,15+,16+,17+,18-,19+,20-,21+,22-,23-/m1/s1. The molecule has 0 aromatic carbocycles. The van der Waals surface area contributed by atoms with Crippen LogP contribution < -0.4 is 10.8 Å². The van der Waals surface area contributed by atoms with Crippen molar-refractivity contribution in [1.29, 1.82) is 0 Å². The normalized spacial score (nSPS) is 46.1. The maximum atomic E-state index is 11.2. The molecule has 0 spiro atoms. The lowest BCUT2D eigenvalue weighted by atomic mass is 9.94. The first-order valence-corrected chi connectivity index (χ1v) is 13.6. The van der Waals surface area contributed by atoms with Gasteiger partial charge in [-0.15, -0.1) is 0 Å². The maximum absolute atomic E-state index is 11.2. The van der Waals surface area contributed by atoms with Gasteiger partial charge in [-0.2, -0.15) is 17.2 Å². The van der Waals surface area contributed by atoms with E-state index < -0.39 is 36.9 Å². The third-order valence-corrected chi connectivity index (χ3v) is 8.09. The number of nitrogens with one attached hydrogen (secondary N) is 2. The van der Waals surface area contributed by atoms with Crippen molar-refractivity contribution in [1.82, 2.24) is 10.8 Å². The van der Waals surface area contributed by atoms with Crippen molar-refractivity contribution in [3.8, 4) is 0 Å². The Labute approximate surface area is 207 Å². The molecule has 11 heteroatoms. The van der Waals surface area contributed by atoms with Gasteiger partial charge in [0.15, 0.2) is 12.6 Å². The molecule has 34 heavy (non-hydrogen) atoms. The first-order chi connectivity index (χ1) is 16.1. The predicted molar refractivity (Wildman–Crippen MR) is 128 cm³/mol. The van der Waals surface area contributed by atoms with Gasteiger partial charge in [0.05, 0.1) is 54.5 Å². The number of aliphatic hydroxyl groups is 2. The number of aliphatic hydroxyl groups excluding tert-OH is 2. The van der Waals surface area contributed by atoms with Crippen molar-refractivity contribution in [3.05, 3.63) is 0 Å². The fourth-order valence-corrected chi connectivity index (χ4v) is 5.94. The van der Waals surface area contributed by atoms with Gasteiger partial charge in [0.1, 0.15) is 12.2 Å². The van der Waals surface area contributed by atoms with Gasteiger partial charge in [0.25, 0.3) is 0 Å². The Hall–Kier alpha value is -0.0500. The highest BCUT2D eigenvalue weighted by Crippen LogP contribution is 2.30. The van der Waals surface area contributed by atoms with Crippen LogP contribution in [0.4, 0.5) is 0 Å². The molecule has 3 rings (SSSR count). The molecule has 0 amide bonds. The smallest absolute Gasteiger partial charge is 0.180 e. The molecule has 10 nitrogen and oxygen atoms in total. The molecule has 200 valence electrons. The topological polar surface area (TPSA) is 120 Å². The second kappa shape index (κ2) is 13.0. The van der Waals surface area contributed by atoms with Crippen LogP contribution in [0.25, 0.3) is 0 Å². The molecule has 0 radical (unpaired) electrons. The molecule has 3 aliphatic heterocycles. The zero-order chi connectivity index (χ0) is 25.0. The molecule has 0 aliphatic carbocycles. The number of rotatable bonds is 9. The van der Waals surface area contributed by atoms with Gasteiger partial charge in [-0.1, -0.05) is 13.8 Å². The highest BCUT2D eigenvalue weighted by molar-refractivity contribution is 7.99. The molecule has 0 aromatic heterocycles. The van der Waals surface area contributed by atoms with E-state index in [1.54, 1.807) is 18.9 Å². The summed E-state index contributed by atoms with van der Waals surface area (Å²) in [6.45, 7) is 10.3. The van der Waals surface area contributed by atoms with Gasteiger partial charge in [-0.25, -0.2) is 0 Å². The molecule has 12 atom stereocenters. The average Bonchev–Trinajstić information content (AvgIpc) is 2.76. The summed E-state index contributed by atoms with van der Waals surface area (Å²) in [5.41, 5.74) is 2.93. The van der Waals surface area contributed by atoms with Crippen LogP contribution in [-0.2, 0) is 28.5 Å². The van der Waals surface area contributed by atoms with E-state index in [4.69, 9.17) is 28.5 Å². The van der Waals surface area contributed by atoms with Gasteiger partial charge >= 0.3 is 0 Å². The Bertz CT molecular complexity index is 608. The zero-order valence-corrected chi connectivity index (χ0v) is 22.2. The van der Waals surface area contributed by atoms with E-state index in [-0.39, 0.29) is 35.7 Å². The number of thioether (sulfide) groups is 1. The quantitative estimate of drug-likeness (QED) is 0.331. The summed E-state index contributed by atoms with van der Waals surface area (Å²) in [5, 5.41) is 25.0. The molecule has 3 heterocycles. The molecule has 3 aliphatic rings. The van der Waals surface area contributed by atoms with Crippen LogP contribution >= 0.6 is 11.8 Å². The zero-order valence-electron chi connectivity index (χ0n) is 21.4. The molecule has 0 aromatic rings. The molecule has 4 N–H and O–H groups in total. The number of hydroxylamine groups is 1. The minimum Gasteiger partial charge on any atom is -0.392 e. The number of methoxy groups -OCH3 is 1. The predicted octanol–water partition coefficient (Wildman–Crippen LogP) is 0.785. The third kappa shape index (κ3) is 7.04. The minimum absolute atomic E-state index is 0.00256. The minimum atomic E-state index is -0.903. The van der Waals surface area contributed by atoms with Gasteiger partial charge < -0.3 is 39.2 Å². The Balaban J connectivity index is 1.55. The lowest BCUT2D eigenvalue weighted by Gasteiger charge is -2.45. The summed E-state index contributed by atoms with van der Waals surface area (Å²) in [7, 11) is 1.69. The Morgan fingerprint density at radius 2 is 1.74 bits per heavy atom. The monoisotopic (exact) mass is 508 g/mol. The molecule has 0 bridgehead atoms. The van der Waals surface area contributed by atoms with Crippen LogP contribution in [0.2, 0.25) is 0 Å². The van der Waals surface area contributed by atoms with E-state index in [9.17, 15) is 10.2 Å². The SMILES string of the molecule is CO[C@H]1C[C@@H](O[C@H]2[C@@H](O)[C@H](NO[C@H]3C[C@H](O)[C@H](SC)[C@@H](C)O3)[C@@H](C)O[C@H]2C)OC[C@@H]1NC(C)C. The van der Waals surface area contributed by atoms with Crippen LogP contribution in [0.15, 0.2) is 0 Å². The summed E-state index contributed by atoms with van der Waals surface area (Å²) < 4.78 is 29.8. The van der Waals surface area contributed by atoms with Crippen molar-refractivity contribution in [3.63, 3.8) is 0 Å². The van der Waals surface area contributed by atoms with Crippen molar-refractivity contribution < 1.29 is 38.7 Å². The largest absolute Gasteiger partial charge is 0.392 e. The second-order valence-corrected chi connectivity index (χ2v) is 10.9. The molecule has 3 fully saturated rings.